The second kappa shape index (κ2) is 8.12. The van der Waals surface area contributed by atoms with E-state index < -0.39 is 11.4 Å². The van der Waals surface area contributed by atoms with Crippen LogP contribution < -0.4 is 10.6 Å². The van der Waals surface area contributed by atoms with Gasteiger partial charge in [0.15, 0.2) is 0 Å². The van der Waals surface area contributed by atoms with Crippen LogP contribution in [-0.2, 0) is 4.79 Å². The van der Waals surface area contributed by atoms with E-state index in [1.165, 1.54) is 0 Å². The molecule has 116 valence electrons. The fourth-order valence-electron chi connectivity index (χ4n) is 2.67. The van der Waals surface area contributed by atoms with Crippen LogP contribution >= 0.6 is 0 Å². The number of carbonyl (C=O) groups is 2. The highest BCUT2D eigenvalue weighted by molar-refractivity contribution is 5.78. The van der Waals surface area contributed by atoms with Crippen molar-refractivity contribution in [1.29, 1.82) is 0 Å². The Balaban J connectivity index is 2.36. The van der Waals surface area contributed by atoms with Crippen molar-refractivity contribution in [3.8, 4) is 0 Å². The number of hydrogen-bond acceptors (Lipinski definition) is 2. The fraction of sp³-hybridized carbons (Fsp3) is 0.867. The van der Waals surface area contributed by atoms with E-state index in [9.17, 15) is 14.7 Å². The van der Waals surface area contributed by atoms with Gasteiger partial charge < -0.3 is 15.7 Å². The summed E-state index contributed by atoms with van der Waals surface area (Å²) in [4.78, 5) is 23.2. The normalized spacial score (nSPS) is 26.0. The van der Waals surface area contributed by atoms with Gasteiger partial charge in [-0.1, -0.05) is 26.7 Å². The van der Waals surface area contributed by atoms with E-state index in [1.54, 1.807) is 0 Å². The molecule has 1 aliphatic carbocycles. The van der Waals surface area contributed by atoms with Gasteiger partial charge in [-0.15, -0.1) is 0 Å². The van der Waals surface area contributed by atoms with E-state index >= 15 is 0 Å². The van der Waals surface area contributed by atoms with Crippen LogP contribution in [0.2, 0.25) is 0 Å². The first-order chi connectivity index (χ1) is 9.50. The molecule has 0 aliphatic heterocycles. The van der Waals surface area contributed by atoms with E-state index in [2.05, 4.69) is 24.5 Å². The third-order valence-electron chi connectivity index (χ3n) is 4.34. The second-order valence-corrected chi connectivity index (χ2v) is 6.08. The molecule has 0 aromatic carbocycles. The Morgan fingerprint density at radius 2 is 1.85 bits per heavy atom. The smallest absolute Gasteiger partial charge is 0.314 e. The van der Waals surface area contributed by atoms with E-state index in [4.69, 9.17) is 0 Å². The summed E-state index contributed by atoms with van der Waals surface area (Å²) >= 11 is 0. The van der Waals surface area contributed by atoms with Crippen molar-refractivity contribution in [3.63, 3.8) is 0 Å². The number of carboxylic acid groups (broad SMARTS) is 1. The molecule has 0 atom stereocenters. The van der Waals surface area contributed by atoms with Gasteiger partial charge in [0.1, 0.15) is 0 Å². The number of carboxylic acids is 1. The Labute approximate surface area is 121 Å². The molecule has 20 heavy (non-hydrogen) atoms. The minimum Gasteiger partial charge on any atom is -0.481 e. The standard InChI is InChI=1S/C15H28N2O3/c1-3-4-5-10-16-14(20)17-11-15(13(18)19)8-6-12(2)7-9-15/h12H,3-11H2,1-2H3,(H,18,19)(H2,16,17,20). The number of nitrogens with one attached hydrogen (secondary N) is 2. The first-order valence-electron chi connectivity index (χ1n) is 7.75. The third kappa shape index (κ3) is 5.02. The molecule has 5 heteroatoms. The van der Waals surface area contributed by atoms with E-state index in [1.807, 2.05) is 0 Å². The Bertz CT molecular complexity index is 323. The van der Waals surface area contributed by atoms with Crippen molar-refractivity contribution in [3.05, 3.63) is 0 Å². The summed E-state index contributed by atoms with van der Waals surface area (Å²) in [6.45, 7) is 5.14. The first-order valence-corrected chi connectivity index (χ1v) is 7.75. The van der Waals surface area contributed by atoms with Gasteiger partial charge in [0.05, 0.1) is 5.41 Å². The second-order valence-electron chi connectivity index (χ2n) is 6.08. The van der Waals surface area contributed by atoms with Gasteiger partial charge in [-0.05, 0) is 38.0 Å². The monoisotopic (exact) mass is 284 g/mol. The van der Waals surface area contributed by atoms with Gasteiger partial charge in [0, 0.05) is 13.1 Å². The molecule has 0 unspecified atom stereocenters. The predicted octanol–water partition coefficient (Wildman–Crippen LogP) is 2.76. The lowest BCUT2D eigenvalue weighted by molar-refractivity contribution is -0.151. The lowest BCUT2D eigenvalue weighted by Crippen LogP contribution is -2.47. The molecule has 3 N–H and O–H groups in total. The quantitative estimate of drug-likeness (QED) is 0.629. The molecule has 1 aliphatic rings. The van der Waals surface area contributed by atoms with Crippen LogP contribution in [-0.4, -0.2) is 30.2 Å². The van der Waals surface area contributed by atoms with Gasteiger partial charge in [-0.25, -0.2) is 4.79 Å². The molecular formula is C15H28N2O3. The molecule has 0 bridgehead atoms. The number of aliphatic carboxylic acids is 1. The van der Waals surface area contributed by atoms with Crippen LogP contribution in [0.25, 0.3) is 0 Å². The Hall–Kier alpha value is -1.26. The molecule has 0 heterocycles. The topological polar surface area (TPSA) is 78.4 Å². The van der Waals surface area contributed by atoms with E-state index in [-0.39, 0.29) is 12.6 Å². The first kappa shape index (κ1) is 16.8. The van der Waals surface area contributed by atoms with E-state index in [0.29, 0.717) is 25.3 Å². The average Bonchev–Trinajstić information content (AvgIpc) is 2.43. The lowest BCUT2D eigenvalue weighted by Gasteiger charge is -2.35. The number of rotatable bonds is 7. The largest absolute Gasteiger partial charge is 0.481 e. The molecule has 5 nitrogen and oxygen atoms in total. The lowest BCUT2D eigenvalue weighted by atomic mass is 9.71. The number of amides is 2. The van der Waals surface area contributed by atoms with Crippen LogP contribution in [0.1, 0.15) is 58.8 Å². The highest BCUT2D eigenvalue weighted by Gasteiger charge is 2.41. The molecule has 0 aromatic heterocycles. The highest BCUT2D eigenvalue weighted by Crippen LogP contribution is 2.38. The van der Waals surface area contributed by atoms with Gasteiger partial charge in [0.25, 0.3) is 0 Å². The number of unbranched alkanes of at least 4 members (excludes halogenated alkanes) is 2. The van der Waals surface area contributed by atoms with Gasteiger partial charge in [-0.2, -0.15) is 0 Å². The van der Waals surface area contributed by atoms with Crippen molar-refractivity contribution >= 4 is 12.0 Å². The van der Waals surface area contributed by atoms with Crippen molar-refractivity contribution < 1.29 is 14.7 Å². The molecule has 1 rings (SSSR count). The Kier molecular flexibility index (Phi) is 6.82. The van der Waals surface area contributed by atoms with E-state index in [0.717, 1.165) is 32.1 Å². The molecule has 0 radical (unpaired) electrons. The molecule has 1 saturated carbocycles. The molecule has 0 spiro atoms. The highest BCUT2D eigenvalue weighted by atomic mass is 16.4. The minimum atomic E-state index is -0.782. The molecule has 0 saturated heterocycles. The molecular weight excluding hydrogens is 256 g/mol. The van der Waals surface area contributed by atoms with Gasteiger partial charge in [0.2, 0.25) is 0 Å². The van der Waals surface area contributed by atoms with Crippen LogP contribution in [0.15, 0.2) is 0 Å². The summed E-state index contributed by atoms with van der Waals surface area (Å²) in [5.41, 5.74) is -0.771. The maximum atomic E-state index is 11.7. The molecule has 2 amide bonds. The SMILES string of the molecule is CCCCCNC(=O)NCC1(C(=O)O)CCC(C)CC1. The zero-order valence-corrected chi connectivity index (χ0v) is 12.7. The van der Waals surface area contributed by atoms with Crippen molar-refractivity contribution in [2.75, 3.05) is 13.1 Å². The van der Waals surface area contributed by atoms with Crippen LogP contribution in [0.3, 0.4) is 0 Å². The Morgan fingerprint density at radius 1 is 1.20 bits per heavy atom. The van der Waals surface area contributed by atoms with Crippen LogP contribution in [0, 0.1) is 11.3 Å². The summed E-state index contributed by atoms with van der Waals surface area (Å²) in [5.74, 6) is -0.193. The van der Waals surface area contributed by atoms with Crippen LogP contribution in [0.4, 0.5) is 4.79 Å². The maximum absolute atomic E-state index is 11.7. The van der Waals surface area contributed by atoms with Crippen molar-refractivity contribution in [1.82, 2.24) is 10.6 Å². The summed E-state index contributed by atoms with van der Waals surface area (Å²) in [5, 5.41) is 15.0. The number of carbonyl (C=O) groups excluding carboxylic acids is 1. The number of hydrogen-bond donors (Lipinski definition) is 3. The molecule has 0 aromatic rings. The Morgan fingerprint density at radius 3 is 2.40 bits per heavy atom. The third-order valence-corrected chi connectivity index (χ3v) is 4.34. The maximum Gasteiger partial charge on any atom is 0.314 e. The summed E-state index contributed by atoms with van der Waals surface area (Å²) in [7, 11) is 0. The zero-order valence-electron chi connectivity index (χ0n) is 12.7. The van der Waals surface area contributed by atoms with Gasteiger partial charge >= 0.3 is 12.0 Å². The number of urea groups is 1. The molecule has 1 fully saturated rings. The summed E-state index contributed by atoms with van der Waals surface area (Å²) in [6, 6.07) is -0.250. The van der Waals surface area contributed by atoms with Gasteiger partial charge in [-0.3, -0.25) is 4.79 Å². The van der Waals surface area contributed by atoms with Crippen molar-refractivity contribution in [2.45, 2.75) is 58.8 Å². The fourth-order valence-corrected chi connectivity index (χ4v) is 2.67. The minimum absolute atomic E-state index is 0.231. The average molecular weight is 284 g/mol. The summed E-state index contributed by atoms with van der Waals surface area (Å²) in [6.07, 6.45) is 6.32. The summed E-state index contributed by atoms with van der Waals surface area (Å²) < 4.78 is 0. The van der Waals surface area contributed by atoms with Crippen LogP contribution in [0.5, 0.6) is 0 Å². The predicted molar refractivity (Wildman–Crippen MR) is 78.6 cm³/mol. The van der Waals surface area contributed by atoms with Crippen molar-refractivity contribution in [2.24, 2.45) is 11.3 Å². The zero-order chi connectivity index (χ0) is 15.0.